The molecule has 0 bridgehead atoms. The van der Waals surface area contributed by atoms with Crippen molar-refractivity contribution in [3.05, 3.63) is 0 Å². The molecule has 4 nitrogen and oxygen atoms in total. The number of hydrogen-bond donors (Lipinski definition) is 4. The Morgan fingerprint density at radius 2 is 1.09 bits per heavy atom. The van der Waals surface area contributed by atoms with E-state index in [0.717, 1.165) is 19.3 Å². The summed E-state index contributed by atoms with van der Waals surface area (Å²) in [4.78, 5) is 0. The summed E-state index contributed by atoms with van der Waals surface area (Å²) in [5.74, 6) is 0. The normalized spacial score (nSPS) is 17.0. The Kier molecular flexibility index (Phi) is 13.1. The van der Waals surface area contributed by atoms with Gasteiger partial charge in [0.1, 0.15) is 11.3 Å². The molecule has 0 saturated carbocycles. The van der Waals surface area contributed by atoms with Crippen molar-refractivity contribution in [2.45, 2.75) is 115 Å². The molecule has 0 aliphatic heterocycles. The number of hydrogen-bond acceptors (Lipinski definition) is 4. The molecule has 0 aromatic heterocycles. The highest BCUT2D eigenvalue weighted by Gasteiger charge is 2.44. The van der Waals surface area contributed by atoms with Crippen molar-refractivity contribution >= 4 is 0 Å². The van der Waals surface area contributed by atoms with Crippen LogP contribution in [0.5, 0.6) is 0 Å². The van der Waals surface area contributed by atoms with Crippen molar-refractivity contribution in [3.63, 3.8) is 0 Å². The molecule has 4 heteroatoms. The van der Waals surface area contributed by atoms with Crippen LogP contribution in [0.25, 0.3) is 0 Å². The lowest BCUT2D eigenvalue weighted by atomic mass is 9.84. The summed E-state index contributed by atoms with van der Waals surface area (Å²) in [6.45, 7) is 3.46. The zero-order valence-corrected chi connectivity index (χ0v) is 15.5. The zero-order chi connectivity index (χ0) is 17.6. The van der Waals surface area contributed by atoms with Crippen LogP contribution in [0.3, 0.4) is 0 Å². The fourth-order valence-electron chi connectivity index (χ4n) is 3.02. The Hall–Kier alpha value is -0.160. The van der Waals surface area contributed by atoms with Crippen LogP contribution in [-0.4, -0.2) is 33.3 Å². The predicted molar refractivity (Wildman–Crippen MR) is 97.2 cm³/mol. The molecule has 0 saturated heterocycles. The molecule has 0 aromatic carbocycles. The maximum atomic E-state index is 10.3. The monoisotopic (exact) mass is 331 g/mol. The molecule has 5 N–H and O–H groups in total. The maximum Gasteiger partial charge on any atom is 0.144 e. The fraction of sp³-hybridized carbons (Fsp3) is 1.00. The van der Waals surface area contributed by atoms with Crippen molar-refractivity contribution in [1.29, 1.82) is 0 Å². The number of rotatable bonds is 16. The van der Waals surface area contributed by atoms with Crippen molar-refractivity contribution in [1.82, 2.24) is 0 Å². The van der Waals surface area contributed by atoms with Crippen LogP contribution >= 0.6 is 0 Å². The van der Waals surface area contributed by atoms with Crippen molar-refractivity contribution in [2.24, 2.45) is 5.73 Å². The third-order valence-electron chi connectivity index (χ3n) is 5.05. The summed E-state index contributed by atoms with van der Waals surface area (Å²) in [6.07, 6.45) is 15.5. The van der Waals surface area contributed by atoms with Gasteiger partial charge in [-0.05, 0) is 12.8 Å². The second kappa shape index (κ2) is 13.2. The lowest BCUT2D eigenvalue weighted by Gasteiger charge is -2.39. The van der Waals surface area contributed by atoms with E-state index < -0.39 is 17.9 Å². The Bertz CT molecular complexity index is 271. The molecular weight excluding hydrogens is 290 g/mol. The fourth-order valence-corrected chi connectivity index (χ4v) is 3.02. The maximum absolute atomic E-state index is 10.3. The van der Waals surface area contributed by atoms with Gasteiger partial charge in [0.25, 0.3) is 0 Å². The average molecular weight is 332 g/mol. The summed E-state index contributed by atoms with van der Waals surface area (Å²) in [5, 5.41) is 29.6. The summed E-state index contributed by atoms with van der Waals surface area (Å²) in [6, 6.07) is 0. The van der Waals surface area contributed by atoms with Crippen LogP contribution in [0.4, 0.5) is 0 Å². The largest absolute Gasteiger partial charge is 0.393 e. The van der Waals surface area contributed by atoms with Gasteiger partial charge in [-0.2, -0.15) is 0 Å². The smallest absolute Gasteiger partial charge is 0.144 e. The van der Waals surface area contributed by atoms with Gasteiger partial charge in [-0.3, -0.25) is 0 Å². The van der Waals surface area contributed by atoms with Gasteiger partial charge >= 0.3 is 0 Å². The van der Waals surface area contributed by atoms with E-state index >= 15 is 0 Å². The van der Waals surface area contributed by atoms with E-state index in [0.29, 0.717) is 6.42 Å². The highest BCUT2D eigenvalue weighted by molar-refractivity contribution is 4.94. The van der Waals surface area contributed by atoms with Crippen LogP contribution in [-0.2, 0) is 0 Å². The van der Waals surface area contributed by atoms with Crippen molar-refractivity contribution in [3.8, 4) is 0 Å². The first-order valence-corrected chi connectivity index (χ1v) is 9.78. The van der Waals surface area contributed by atoms with E-state index in [-0.39, 0.29) is 6.42 Å². The summed E-state index contributed by atoms with van der Waals surface area (Å²) < 4.78 is 0. The van der Waals surface area contributed by atoms with E-state index in [2.05, 4.69) is 6.92 Å². The molecule has 0 spiro atoms. The molecule has 0 rings (SSSR count). The summed E-state index contributed by atoms with van der Waals surface area (Å²) >= 11 is 0. The van der Waals surface area contributed by atoms with Crippen LogP contribution in [0.2, 0.25) is 0 Å². The summed E-state index contributed by atoms with van der Waals surface area (Å²) in [7, 11) is 0. The van der Waals surface area contributed by atoms with Crippen LogP contribution in [0.15, 0.2) is 0 Å². The molecule has 2 atom stereocenters. The minimum Gasteiger partial charge on any atom is -0.393 e. The first kappa shape index (κ1) is 22.8. The lowest BCUT2D eigenvalue weighted by Crippen LogP contribution is -2.62. The molecule has 140 valence electrons. The second-order valence-electron chi connectivity index (χ2n) is 7.11. The van der Waals surface area contributed by atoms with Crippen molar-refractivity contribution in [2.75, 3.05) is 6.61 Å². The Morgan fingerprint density at radius 1 is 0.696 bits per heavy atom. The van der Waals surface area contributed by atoms with Crippen LogP contribution in [0, 0.1) is 0 Å². The third-order valence-corrected chi connectivity index (χ3v) is 5.05. The minimum absolute atomic E-state index is 0.225. The predicted octanol–water partition coefficient (Wildman–Crippen LogP) is 3.86. The van der Waals surface area contributed by atoms with Gasteiger partial charge in [-0.25, -0.2) is 0 Å². The molecule has 0 aromatic rings. The molecule has 0 fully saturated rings. The number of aliphatic hydroxyl groups is 3. The van der Waals surface area contributed by atoms with Gasteiger partial charge in [0.05, 0.1) is 6.61 Å². The zero-order valence-electron chi connectivity index (χ0n) is 15.5. The molecule has 0 radical (unpaired) electrons. The second-order valence-corrected chi connectivity index (χ2v) is 7.11. The van der Waals surface area contributed by atoms with E-state index in [1.807, 2.05) is 0 Å². The summed E-state index contributed by atoms with van der Waals surface area (Å²) in [5.41, 5.74) is 2.40. The molecular formula is C19H41NO3. The van der Waals surface area contributed by atoms with Crippen molar-refractivity contribution < 1.29 is 15.3 Å². The quantitative estimate of drug-likeness (QED) is 0.255. The first-order valence-electron chi connectivity index (χ1n) is 9.78. The average Bonchev–Trinajstić information content (AvgIpc) is 2.55. The molecule has 23 heavy (non-hydrogen) atoms. The molecule has 0 amide bonds. The van der Waals surface area contributed by atoms with E-state index in [9.17, 15) is 15.3 Å². The topological polar surface area (TPSA) is 86.7 Å². The number of unbranched alkanes of at least 4 members (excludes halogenated alkanes) is 11. The number of nitrogens with two attached hydrogens (primary N) is 1. The first-order chi connectivity index (χ1) is 10.9. The minimum atomic E-state index is -1.71. The Labute approximate surface area is 143 Å². The lowest BCUT2D eigenvalue weighted by molar-refractivity contribution is -0.175. The van der Waals surface area contributed by atoms with Gasteiger partial charge in [0, 0.05) is 0 Å². The standard InChI is InChI=1S/C19H41NO3/c1-3-5-6-7-8-9-10-11-12-13-14-15-16-18(22,17-21)19(20,23)4-2/h21-23H,3-17,20H2,1-2H3. The van der Waals surface area contributed by atoms with Crippen LogP contribution < -0.4 is 5.73 Å². The van der Waals surface area contributed by atoms with Gasteiger partial charge in [0.2, 0.25) is 0 Å². The number of aliphatic hydroxyl groups excluding tert-OH is 1. The Balaban J connectivity index is 3.55. The van der Waals surface area contributed by atoms with Gasteiger partial charge < -0.3 is 21.1 Å². The highest BCUT2D eigenvalue weighted by Crippen LogP contribution is 2.27. The Morgan fingerprint density at radius 3 is 1.43 bits per heavy atom. The highest BCUT2D eigenvalue weighted by atomic mass is 16.4. The van der Waals surface area contributed by atoms with Crippen LogP contribution in [0.1, 0.15) is 104 Å². The SMILES string of the molecule is CCCCCCCCCCCCCCC(O)(CO)C(N)(O)CC. The van der Waals surface area contributed by atoms with Gasteiger partial charge in [0.15, 0.2) is 0 Å². The van der Waals surface area contributed by atoms with Gasteiger partial charge in [-0.15, -0.1) is 0 Å². The van der Waals surface area contributed by atoms with E-state index in [1.54, 1.807) is 6.92 Å². The molecule has 0 aliphatic carbocycles. The van der Waals surface area contributed by atoms with Gasteiger partial charge in [-0.1, -0.05) is 90.9 Å². The molecule has 0 aliphatic rings. The molecule has 0 heterocycles. The van der Waals surface area contributed by atoms with E-state index in [1.165, 1.54) is 57.8 Å². The van der Waals surface area contributed by atoms with E-state index in [4.69, 9.17) is 5.73 Å². The third kappa shape index (κ3) is 9.65. The molecule has 2 unspecified atom stereocenters.